The highest BCUT2D eigenvalue weighted by atomic mass is 35.5. The Kier molecular flexibility index (Phi) is 12.8. The van der Waals surface area contributed by atoms with E-state index in [0.29, 0.717) is 28.3 Å². The molecule has 0 saturated carbocycles. The Morgan fingerprint density at radius 3 is 2.54 bits per heavy atom. The number of halogens is 1. The quantitative estimate of drug-likeness (QED) is 0.178. The van der Waals surface area contributed by atoms with E-state index in [-0.39, 0.29) is 17.1 Å². The Morgan fingerprint density at radius 2 is 1.85 bits per heavy atom. The van der Waals surface area contributed by atoms with E-state index in [1.165, 1.54) is 35.1 Å². The number of amides is 4. The van der Waals surface area contributed by atoms with Crippen LogP contribution in [0.2, 0.25) is 5.02 Å². The topological polar surface area (TPSA) is 116 Å². The Labute approximate surface area is 325 Å². The van der Waals surface area contributed by atoms with Gasteiger partial charge in [-0.2, -0.15) is 0 Å². The normalized spacial score (nSPS) is 19.9. The summed E-state index contributed by atoms with van der Waals surface area (Å²) in [6.07, 6.45) is 9.22. The van der Waals surface area contributed by atoms with E-state index in [1.807, 2.05) is 43.3 Å². The van der Waals surface area contributed by atoms with Gasteiger partial charge >= 0.3 is 6.03 Å². The zero-order valence-electron chi connectivity index (χ0n) is 33.0. The molecule has 3 heterocycles. The Bertz CT molecular complexity index is 1960. The Hall–Kier alpha value is -4.83. The van der Waals surface area contributed by atoms with Gasteiger partial charge in [0, 0.05) is 54.8 Å². The van der Waals surface area contributed by atoms with Crippen LogP contribution in [0.25, 0.3) is 22.4 Å². The van der Waals surface area contributed by atoms with E-state index in [1.54, 1.807) is 26.1 Å². The van der Waals surface area contributed by atoms with E-state index in [9.17, 15) is 14.4 Å². The zero-order valence-corrected chi connectivity index (χ0v) is 33.7. The lowest BCUT2D eigenvalue weighted by atomic mass is 9.83. The first-order valence-corrected chi connectivity index (χ1v) is 19.4. The van der Waals surface area contributed by atoms with Gasteiger partial charge in [0.05, 0.1) is 17.8 Å². The fourth-order valence-corrected chi connectivity index (χ4v) is 7.77. The van der Waals surface area contributed by atoms with Crippen molar-refractivity contribution < 1.29 is 19.1 Å². The number of fused-ring (bicyclic) bond motifs is 1. The number of aromatic nitrogens is 1. The van der Waals surface area contributed by atoms with Crippen molar-refractivity contribution in [3.8, 4) is 28.3 Å². The summed E-state index contributed by atoms with van der Waals surface area (Å²) in [5.74, 6) is 1.43. The van der Waals surface area contributed by atoms with E-state index in [0.717, 1.165) is 72.5 Å². The second kappa shape index (κ2) is 17.1. The molecule has 4 amide bonds. The number of aryl methyl sites for hydroxylation is 1. The molecule has 1 fully saturated rings. The highest BCUT2D eigenvalue weighted by Gasteiger charge is 2.33. The predicted octanol–water partition coefficient (Wildman–Crippen LogP) is 8.80. The number of hydrogen-bond donors (Lipinski definition) is 3. The third kappa shape index (κ3) is 8.44. The highest BCUT2D eigenvalue weighted by molar-refractivity contribution is 6.36. The summed E-state index contributed by atoms with van der Waals surface area (Å²) in [6.45, 7) is 15.5. The number of hydrogen-bond acceptors (Lipinski definition) is 6. The third-order valence-electron chi connectivity index (χ3n) is 11.4. The molecular formula is C43H55ClN6O4. The molecule has 10 nitrogen and oxygen atoms in total. The van der Waals surface area contributed by atoms with Gasteiger partial charge in [-0.1, -0.05) is 82.6 Å². The molecule has 3 unspecified atom stereocenters. The number of nitrogens with one attached hydrogen (secondary N) is 3. The summed E-state index contributed by atoms with van der Waals surface area (Å²) >= 11 is 7.03. The van der Waals surface area contributed by atoms with Gasteiger partial charge in [-0.05, 0) is 86.1 Å². The molecular weight excluding hydrogens is 700 g/mol. The minimum absolute atomic E-state index is 0.00671. The molecule has 288 valence electrons. The number of pyridine rings is 1. The second-order valence-corrected chi connectivity index (χ2v) is 15.3. The lowest BCUT2D eigenvalue weighted by molar-refractivity contribution is -0.128. The summed E-state index contributed by atoms with van der Waals surface area (Å²) in [7, 11) is 4.99. The van der Waals surface area contributed by atoms with Gasteiger partial charge in [0.1, 0.15) is 11.4 Å². The van der Waals surface area contributed by atoms with Crippen LogP contribution in [0.1, 0.15) is 88.8 Å². The molecule has 0 bridgehead atoms. The van der Waals surface area contributed by atoms with Crippen molar-refractivity contribution in [2.24, 2.45) is 5.92 Å². The van der Waals surface area contributed by atoms with Crippen LogP contribution >= 0.6 is 11.6 Å². The maximum absolute atomic E-state index is 13.1. The SMILES string of the molecule is C=C1N(C)C=C(C(=O)Nc2cccc(-c3cccc(-c4cc5c(c(OC)n4)C(C)CC5)c3Cl)c2C)C(=O)N1C.CCC(C)CCC1(CC)CCNC(=O)N1. The van der Waals surface area contributed by atoms with Crippen LogP contribution in [0, 0.1) is 12.8 Å². The van der Waals surface area contributed by atoms with Gasteiger partial charge in [0.25, 0.3) is 11.8 Å². The van der Waals surface area contributed by atoms with Crippen LogP contribution < -0.4 is 20.7 Å². The lowest BCUT2D eigenvalue weighted by Crippen LogP contribution is -2.58. The van der Waals surface area contributed by atoms with Crippen molar-refractivity contribution in [3.05, 3.63) is 88.4 Å². The fraction of sp³-hybridized carbons (Fsp3) is 0.442. The molecule has 54 heavy (non-hydrogen) atoms. The minimum atomic E-state index is -0.491. The first-order valence-electron chi connectivity index (χ1n) is 19.0. The minimum Gasteiger partial charge on any atom is -0.481 e. The number of benzene rings is 2. The average molecular weight is 755 g/mol. The molecule has 1 aromatic heterocycles. The second-order valence-electron chi connectivity index (χ2n) is 14.9. The Morgan fingerprint density at radius 1 is 1.15 bits per heavy atom. The zero-order chi connectivity index (χ0) is 39.3. The van der Waals surface area contributed by atoms with E-state index in [2.05, 4.69) is 56.3 Å². The standard InChI is InChI=1S/C31H31ClN4O3.C12H24N2O/c1-17-13-14-20-15-26(34-30(39-6)27(17)20)23-11-7-10-22(28(23)32)21-9-8-12-25(18(21)2)33-29(37)24-16-35(4)19(3)36(5)31(24)38;1-4-10(3)6-7-12(5-2)8-9-13-11(15)14-12/h7-12,15-17H,3,13-14H2,1-2,4-6H3,(H,33,37);10H,4-9H2,1-3H3,(H2,13,14,15). The van der Waals surface area contributed by atoms with Gasteiger partial charge in [-0.3, -0.25) is 14.5 Å². The summed E-state index contributed by atoms with van der Waals surface area (Å²) in [5.41, 5.74) is 7.21. The summed E-state index contributed by atoms with van der Waals surface area (Å²) in [5, 5.41) is 9.40. The van der Waals surface area contributed by atoms with Crippen LogP contribution in [-0.4, -0.2) is 65.9 Å². The number of nitrogens with zero attached hydrogens (tertiary/aromatic N) is 3. The van der Waals surface area contributed by atoms with Crippen molar-refractivity contribution in [2.75, 3.05) is 33.1 Å². The van der Waals surface area contributed by atoms with Crippen LogP contribution in [0.15, 0.2) is 66.6 Å². The number of rotatable bonds is 10. The molecule has 0 radical (unpaired) electrons. The maximum atomic E-state index is 13.1. The van der Waals surface area contributed by atoms with Gasteiger partial charge in [0.2, 0.25) is 5.88 Å². The Balaban J connectivity index is 0.000000314. The molecule has 3 aliphatic rings. The van der Waals surface area contributed by atoms with Gasteiger partial charge in [0.15, 0.2) is 0 Å². The van der Waals surface area contributed by atoms with Crippen LogP contribution in [0.5, 0.6) is 5.88 Å². The number of carbonyl (C=O) groups excluding carboxylic acids is 3. The third-order valence-corrected chi connectivity index (χ3v) is 11.9. The lowest BCUT2D eigenvalue weighted by Gasteiger charge is -2.38. The van der Waals surface area contributed by atoms with Crippen molar-refractivity contribution in [2.45, 2.75) is 91.0 Å². The van der Waals surface area contributed by atoms with Crippen molar-refractivity contribution in [3.63, 3.8) is 0 Å². The van der Waals surface area contributed by atoms with Crippen LogP contribution in [-0.2, 0) is 16.0 Å². The maximum Gasteiger partial charge on any atom is 0.315 e. The fourth-order valence-electron chi connectivity index (χ4n) is 7.45. The number of carbonyl (C=O) groups is 3. The molecule has 0 spiro atoms. The van der Waals surface area contributed by atoms with Crippen molar-refractivity contribution in [1.82, 2.24) is 25.4 Å². The molecule has 2 aliphatic heterocycles. The van der Waals surface area contributed by atoms with Gasteiger partial charge in [-0.15, -0.1) is 0 Å². The molecule has 1 saturated heterocycles. The monoisotopic (exact) mass is 754 g/mol. The summed E-state index contributed by atoms with van der Waals surface area (Å²) < 4.78 is 5.66. The summed E-state index contributed by atoms with van der Waals surface area (Å²) in [6, 6.07) is 13.6. The number of urea groups is 1. The van der Waals surface area contributed by atoms with Gasteiger partial charge in [-0.25, -0.2) is 9.78 Å². The molecule has 6 rings (SSSR count). The van der Waals surface area contributed by atoms with Crippen molar-refractivity contribution in [1.29, 1.82) is 0 Å². The van der Waals surface area contributed by atoms with Crippen LogP contribution in [0.3, 0.4) is 0 Å². The molecule has 2 aromatic carbocycles. The van der Waals surface area contributed by atoms with E-state index in [4.69, 9.17) is 21.3 Å². The van der Waals surface area contributed by atoms with Gasteiger partial charge < -0.3 is 25.6 Å². The number of anilines is 1. The largest absolute Gasteiger partial charge is 0.481 e. The summed E-state index contributed by atoms with van der Waals surface area (Å²) in [4.78, 5) is 45.0. The predicted molar refractivity (Wildman–Crippen MR) is 217 cm³/mol. The molecule has 3 atom stereocenters. The molecule has 3 aromatic rings. The molecule has 3 N–H and O–H groups in total. The van der Waals surface area contributed by atoms with Crippen LogP contribution in [0.4, 0.5) is 10.5 Å². The van der Waals surface area contributed by atoms with E-state index < -0.39 is 11.8 Å². The van der Waals surface area contributed by atoms with Crippen molar-refractivity contribution >= 4 is 35.1 Å². The smallest absolute Gasteiger partial charge is 0.315 e. The molecule has 11 heteroatoms. The first-order chi connectivity index (χ1) is 25.7. The molecule has 1 aliphatic carbocycles. The number of methoxy groups -OCH3 is 1. The average Bonchev–Trinajstić information content (AvgIpc) is 3.55. The number of likely N-dealkylation sites (N-methyl/N-ethyl adjacent to an activating group) is 1. The highest BCUT2D eigenvalue weighted by Crippen LogP contribution is 2.43. The van der Waals surface area contributed by atoms with E-state index >= 15 is 0 Å². The first kappa shape index (κ1) is 40.4. The number of ether oxygens (including phenoxy) is 1.